The van der Waals surface area contributed by atoms with Crippen molar-refractivity contribution in [1.82, 2.24) is 19.7 Å². The first kappa shape index (κ1) is 13.9. The number of aryl methyl sites for hydroxylation is 1. The summed E-state index contributed by atoms with van der Waals surface area (Å²) in [7, 11) is 0. The molecule has 0 fully saturated rings. The molecule has 0 atom stereocenters. The van der Waals surface area contributed by atoms with Crippen LogP contribution in [0.4, 0.5) is 11.6 Å². The van der Waals surface area contributed by atoms with Crippen LogP contribution in [0.3, 0.4) is 0 Å². The Bertz CT molecular complexity index is 665. The van der Waals surface area contributed by atoms with Gasteiger partial charge in [-0.15, -0.1) is 0 Å². The number of anilines is 1. The molecule has 2 aromatic heterocycles. The molecule has 0 amide bonds. The van der Waals surface area contributed by atoms with Gasteiger partial charge in [-0.1, -0.05) is 6.92 Å². The van der Waals surface area contributed by atoms with Gasteiger partial charge in [0.2, 0.25) is 11.8 Å². The maximum absolute atomic E-state index is 11.1. The summed E-state index contributed by atoms with van der Waals surface area (Å²) < 4.78 is 1.45. The Morgan fingerprint density at radius 2 is 2.20 bits per heavy atom. The summed E-state index contributed by atoms with van der Waals surface area (Å²) >= 11 is 0. The van der Waals surface area contributed by atoms with Crippen LogP contribution in [0.1, 0.15) is 23.9 Å². The van der Waals surface area contributed by atoms with Crippen LogP contribution in [0.15, 0.2) is 6.20 Å². The van der Waals surface area contributed by atoms with Crippen molar-refractivity contribution in [3.63, 3.8) is 0 Å². The molecule has 0 aliphatic carbocycles. The van der Waals surface area contributed by atoms with Gasteiger partial charge < -0.3 is 0 Å². The SMILES string of the molecule is CCc1c(C)nn(-c2nc(NN)ncc2[N+](=O)[O-])c1C. The molecule has 106 valence electrons. The lowest BCUT2D eigenvalue weighted by molar-refractivity contribution is -0.385. The monoisotopic (exact) mass is 277 g/mol. The Labute approximate surface area is 115 Å². The zero-order valence-electron chi connectivity index (χ0n) is 11.4. The van der Waals surface area contributed by atoms with E-state index in [0.717, 1.165) is 29.6 Å². The van der Waals surface area contributed by atoms with Gasteiger partial charge in [0.05, 0.1) is 10.6 Å². The van der Waals surface area contributed by atoms with Gasteiger partial charge in [0, 0.05) is 5.69 Å². The zero-order valence-corrected chi connectivity index (χ0v) is 11.4. The summed E-state index contributed by atoms with van der Waals surface area (Å²) in [5.74, 6) is 5.44. The van der Waals surface area contributed by atoms with E-state index in [1.165, 1.54) is 4.68 Å². The van der Waals surface area contributed by atoms with Gasteiger partial charge in [0.15, 0.2) is 0 Å². The molecular formula is C11H15N7O2. The lowest BCUT2D eigenvalue weighted by atomic mass is 10.1. The molecule has 0 unspecified atom stereocenters. The summed E-state index contributed by atoms with van der Waals surface area (Å²) in [5.41, 5.74) is 4.72. The van der Waals surface area contributed by atoms with Gasteiger partial charge in [0.25, 0.3) is 0 Å². The molecule has 0 aromatic carbocycles. The molecule has 9 nitrogen and oxygen atoms in total. The Morgan fingerprint density at radius 1 is 1.50 bits per heavy atom. The maximum atomic E-state index is 11.1. The smallest absolute Gasteiger partial charge is 0.292 e. The molecule has 0 bridgehead atoms. The molecule has 20 heavy (non-hydrogen) atoms. The van der Waals surface area contributed by atoms with Crippen molar-refractivity contribution in [3.8, 4) is 5.82 Å². The third-order valence-electron chi connectivity index (χ3n) is 3.07. The number of hydrazine groups is 1. The Kier molecular flexibility index (Phi) is 3.61. The first-order valence-corrected chi connectivity index (χ1v) is 6.03. The van der Waals surface area contributed by atoms with Gasteiger partial charge >= 0.3 is 5.69 Å². The molecule has 0 saturated carbocycles. The third-order valence-corrected chi connectivity index (χ3v) is 3.07. The highest BCUT2D eigenvalue weighted by molar-refractivity contribution is 5.49. The highest BCUT2D eigenvalue weighted by Gasteiger charge is 2.22. The fourth-order valence-corrected chi connectivity index (χ4v) is 2.11. The van der Waals surface area contributed by atoms with E-state index in [4.69, 9.17) is 5.84 Å². The number of nitrogens with zero attached hydrogens (tertiary/aromatic N) is 5. The molecule has 9 heteroatoms. The van der Waals surface area contributed by atoms with E-state index in [-0.39, 0.29) is 17.5 Å². The molecule has 2 rings (SSSR count). The first-order valence-electron chi connectivity index (χ1n) is 6.03. The molecule has 2 heterocycles. The number of nitrogen functional groups attached to an aromatic ring is 1. The van der Waals surface area contributed by atoms with Crippen LogP contribution in [0, 0.1) is 24.0 Å². The van der Waals surface area contributed by atoms with Crippen molar-refractivity contribution in [1.29, 1.82) is 0 Å². The second-order valence-corrected chi connectivity index (χ2v) is 4.22. The van der Waals surface area contributed by atoms with Gasteiger partial charge in [-0.3, -0.25) is 15.5 Å². The van der Waals surface area contributed by atoms with E-state index in [2.05, 4.69) is 20.5 Å². The predicted octanol–water partition coefficient (Wildman–Crippen LogP) is 1.04. The minimum Gasteiger partial charge on any atom is -0.292 e. The largest absolute Gasteiger partial charge is 0.332 e. The molecule has 0 saturated heterocycles. The number of hydrogen-bond acceptors (Lipinski definition) is 7. The predicted molar refractivity (Wildman–Crippen MR) is 72.5 cm³/mol. The molecule has 0 spiro atoms. The van der Waals surface area contributed by atoms with Crippen molar-refractivity contribution < 1.29 is 4.92 Å². The minimum atomic E-state index is -0.544. The quantitative estimate of drug-likeness (QED) is 0.485. The topological polar surface area (TPSA) is 125 Å². The minimum absolute atomic E-state index is 0.0937. The highest BCUT2D eigenvalue weighted by Crippen LogP contribution is 2.24. The summed E-state index contributed by atoms with van der Waals surface area (Å²) in [6.07, 6.45) is 1.90. The van der Waals surface area contributed by atoms with Crippen LogP contribution >= 0.6 is 0 Å². The van der Waals surface area contributed by atoms with Gasteiger partial charge in [-0.2, -0.15) is 10.1 Å². The Hall–Kier alpha value is -2.55. The van der Waals surface area contributed by atoms with Crippen LogP contribution in [0.25, 0.3) is 5.82 Å². The number of nitrogens with two attached hydrogens (primary N) is 1. The number of nitrogens with one attached hydrogen (secondary N) is 1. The fourth-order valence-electron chi connectivity index (χ4n) is 2.11. The number of hydrogen-bond donors (Lipinski definition) is 2. The molecule has 0 radical (unpaired) electrons. The second kappa shape index (κ2) is 5.21. The number of rotatable bonds is 4. The summed E-state index contributed by atoms with van der Waals surface area (Å²) in [6, 6.07) is 0. The number of aromatic nitrogens is 4. The van der Waals surface area contributed by atoms with Crippen LogP contribution in [0.2, 0.25) is 0 Å². The van der Waals surface area contributed by atoms with E-state index >= 15 is 0 Å². The average molecular weight is 277 g/mol. The van der Waals surface area contributed by atoms with Crippen molar-refractivity contribution >= 4 is 11.6 Å². The molecule has 0 aliphatic rings. The van der Waals surface area contributed by atoms with Crippen LogP contribution in [-0.2, 0) is 6.42 Å². The van der Waals surface area contributed by atoms with Crippen molar-refractivity contribution in [3.05, 3.63) is 33.3 Å². The lowest BCUT2D eigenvalue weighted by Crippen LogP contribution is -2.14. The van der Waals surface area contributed by atoms with Crippen LogP contribution in [0.5, 0.6) is 0 Å². The van der Waals surface area contributed by atoms with E-state index < -0.39 is 4.92 Å². The third kappa shape index (κ3) is 2.18. The fraction of sp³-hybridized carbons (Fsp3) is 0.364. The van der Waals surface area contributed by atoms with E-state index in [0.29, 0.717) is 0 Å². The second-order valence-electron chi connectivity index (χ2n) is 4.22. The highest BCUT2D eigenvalue weighted by atomic mass is 16.6. The average Bonchev–Trinajstić information content (AvgIpc) is 2.72. The molecule has 2 aromatic rings. The van der Waals surface area contributed by atoms with Gasteiger partial charge in [-0.25, -0.2) is 15.5 Å². The van der Waals surface area contributed by atoms with Gasteiger partial charge in [-0.05, 0) is 25.8 Å². The Morgan fingerprint density at radius 3 is 2.70 bits per heavy atom. The zero-order chi connectivity index (χ0) is 14.9. The maximum Gasteiger partial charge on any atom is 0.332 e. The van der Waals surface area contributed by atoms with E-state index in [1.807, 2.05) is 20.8 Å². The normalized spacial score (nSPS) is 10.6. The summed E-state index contributed by atoms with van der Waals surface area (Å²) in [5, 5.41) is 15.4. The van der Waals surface area contributed by atoms with E-state index in [1.54, 1.807) is 0 Å². The summed E-state index contributed by atoms with van der Waals surface area (Å²) in [6.45, 7) is 5.71. The Balaban J connectivity index is 2.70. The van der Waals surface area contributed by atoms with Crippen molar-refractivity contribution in [2.24, 2.45) is 5.84 Å². The summed E-state index contributed by atoms with van der Waals surface area (Å²) in [4.78, 5) is 18.4. The molecule has 3 N–H and O–H groups in total. The van der Waals surface area contributed by atoms with Gasteiger partial charge in [0.1, 0.15) is 6.20 Å². The lowest BCUT2D eigenvalue weighted by Gasteiger charge is -2.06. The number of nitro groups is 1. The molecular weight excluding hydrogens is 262 g/mol. The first-order chi connectivity index (χ1) is 9.49. The van der Waals surface area contributed by atoms with Crippen molar-refractivity contribution in [2.75, 3.05) is 5.43 Å². The van der Waals surface area contributed by atoms with Crippen LogP contribution in [-0.4, -0.2) is 24.7 Å². The van der Waals surface area contributed by atoms with Crippen LogP contribution < -0.4 is 11.3 Å². The standard InChI is InChI=1S/C11H15N7O2/c1-4-8-6(2)16-17(7(8)3)10-9(18(19)20)5-13-11(14-10)15-12/h5H,4,12H2,1-3H3,(H,13,14,15). The van der Waals surface area contributed by atoms with Crippen molar-refractivity contribution in [2.45, 2.75) is 27.2 Å². The molecule has 0 aliphatic heterocycles. The van der Waals surface area contributed by atoms with E-state index in [9.17, 15) is 10.1 Å².